The third-order valence-corrected chi connectivity index (χ3v) is 3.40. The SMILES string of the molecule is NNC(=O)C1(c2ccccc2Br)CC1. The summed E-state index contributed by atoms with van der Waals surface area (Å²) in [5.41, 5.74) is 2.88. The van der Waals surface area contributed by atoms with Crippen molar-refractivity contribution in [2.24, 2.45) is 5.84 Å². The molecular weight excluding hydrogens is 244 g/mol. The number of hydrogen-bond donors (Lipinski definition) is 2. The van der Waals surface area contributed by atoms with E-state index >= 15 is 0 Å². The van der Waals surface area contributed by atoms with Crippen LogP contribution in [0.25, 0.3) is 0 Å². The first kappa shape index (κ1) is 9.68. The van der Waals surface area contributed by atoms with Crippen LogP contribution in [0.1, 0.15) is 18.4 Å². The maximum atomic E-state index is 11.6. The Hall–Kier alpha value is -0.870. The number of benzene rings is 1. The number of hydrogen-bond acceptors (Lipinski definition) is 2. The Labute approximate surface area is 90.8 Å². The molecule has 3 N–H and O–H groups in total. The monoisotopic (exact) mass is 254 g/mol. The second-order valence-corrected chi connectivity index (χ2v) is 4.39. The van der Waals surface area contributed by atoms with Gasteiger partial charge in [-0.25, -0.2) is 5.84 Å². The van der Waals surface area contributed by atoms with Crippen molar-refractivity contribution in [3.63, 3.8) is 0 Å². The number of carbonyl (C=O) groups excluding carboxylic acids is 1. The summed E-state index contributed by atoms with van der Waals surface area (Å²) in [4.78, 5) is 11.6. The van der Waals surface area contributed by atoms with Gasteiger partial charge in [0.05, 0.1) is 5.41 Å². The lowest BCUT2D eigenvalue weighted by Crippen LogP contribution is -2.39. The second kappa shape index (κ2) is 3.37. The molecule has 0 spiro atoms. The fraction of sp³-hybridized carbons (Fsp3) is 0.300. The highest BCUT2D eigenvalue weighted by molar-refractivity contribution is 9.10. The van der Waals surface area contributed by atoms with Crippen LogP contribution in [0.4, 0.5) is 0 Å². The Morgan fingerprint density at radius 3 is 2.57 bits per heavy atom. The van der Waals surface area contributed by atoms with Gasteiger partial charge in [-0.3, -0.25) is 10.2 Å². The number of nitrogens with two attached hydrogens (primary N) is 1. The number of carbonyl (C=O) groups is 1. The zero-order valence-corrected chi connectivity index (χ0v) is 9.17. The van der Waals surface area contributed by atoms with Crippen LogP contribution in [0, 0.1) is 0 Å². The first-order valence-corrected chi connectivity index (χ1v) is 5.26. The molecule has 0 atom stereocenters. The molecule has 0 aromatic heterocycles. The highest BCUT2D eigenvalue weighted by atomic mass is 79.9. The van der Waals surface area contributed by atoms with E-state index < -0.39 is 0 Å². The molecule has 1 aromatic rings. The summed E-state index contributed by atoms with van der Waals surface area (Å²) in [5.74, 6) is 5.08. The number of halogens is 1. The van der Waals surface area contributed by atoms with E-state index in [4.69, 9.17) is 5.84 Å². The lowest BCUT2D eigenvalue weighted by Gasteiger charge is -2.14. The van der Waals surface area contributed by atoms with Crippen LogP contribution in [0.3, 0.4) is 0 Å². The van der Waals surface area contributed by atoms with Crippen molar-refractivity contribution in [3.05, 3.63) is 34.3 Å². The molecule has 2 rings (SSSR count). The maximum Gasteiger partial charge on any atom is 0.244 e. The molecule has 0 aliphatic heterocycles. The predicted octanol–water partition coefficient (Wildman–Crippen LogP) is 1.47. The molecule has 1 aliphatic rings. The van der Waals surface area contributed by atoms with Gasteiger partial charge in [0.15, 0.2) is 0 Å². The third kappa shape index (κ3) is 1.35. The molecule has 0 heterocycles. The van der Waals surface area contributed by atoms with Crippen molar-refractivity contribution in [1.29, 1.82) is 0 Å². The highest BCUT2D eigenvalue weighted by Gasteiger charge is 2.51. The molecule has 74 valence electrons. The van der Waals surface area contributed by atoms with E-state index in [1.54, 1.807) is 0 Å². The Morgan fingerprint density at radius 1 is 1.43 bits per heavy atom. The summed E-state index contributed by atoms with van der Waals surface area (Å²) in [6, 6.07) is 7.78. The molecule has 4 heteroatoms. The van der Waals surface area contributed by atoms with E-state index in [0.29, 0.717) is 0 Å². The summed E-state index contributed by atoms with van der Waals surface area (Å²) in [6.45, 7) is 0. The highest BCUT2D eigenvalue weighted by Crippen LogP contribution is 2.50. The number of rotatable bonds is 2. The van der Waals surface area contributed by atoms with E-state index in [1.165, 1.54) is 0 Å². The van der Waals surface area contributed by atoms with Crippen molar-refractivity contribution < 1.29 is 4.79 Å². The maximum absolute atomic E-state index is 11.6. The largest absolute Gasteiger partial charge is 0.293 e. The number of nitrogens with one attached hydrogen (secondary N) is 1. The van der Waals surface area contributed by atoms with Gasteiger partial charge in [0.1, 0.15) is 0 Å². The van der Waals surface area contributed by atoms with Crippen molar-refractivity contribution in [2.45, 2.75) is 18.3 Å². The molecule has 0 bridgehead atoms. The van der Waals surface area contributed by atoms with Gasteiger partial charge >= 0.3 is 0 Å². The second-order valence-electron chi connectivity index (χ2n) is 3.54. The summed E-state index contributed by atoms with van der Waals surface area (Å²) in [6.07, 6.45) is 1.75. The van der Waals surface area contributed by atoms with Crippen LogP contribution in [0.5, 0.6) is 0 Å². The first-order valence-electron chi connectivity index (χ1n) is 4.47. The van der Waals surface area contributed by atoms with Crippen LogP contribution < -0.4 is 11.3 Å². The molecular formula is C10H11BrN2O. The van der Waals surface area contributed by atoms with Gasteiger partial charge in [-0.1, -0.05) is 34.1 Å². The van der Waals surface area contributed by atoms with Crippen molar-refractivity contribution >= 4 is 21.8 Å². The Balaban J connectivity index is 2.40. The average Bonchev–Trinajstić information content (AvgIpc) is 2.98. The summed E-state index contributed by atoms with van der Waals surface area (Å²) in [5, 5.41) is 0. The molecule has 0 radical (unpaired) electrons. The molecule has 0 unspecified atom stereocenters. The molecule has 1 saturated carbocycles. The fourth-order valence-electron chi connectivity index (χ4n) is 1.73. The van der Waals surface area contributed by atoms with Gasteiger partial charge in [0.25, 0.3) is 0 Å². The predicted molar refractivity (Wildman–Crippen MR) is 57.4 cm³/mol. The lowest BCUT2D eigenvalue weighted by atomic mass is 9.95. The standard InChI is InChI=1S/C10H11BrN2O/c11-8-4-2-1-3-7(8)10(5-6-10)9(14)13-12/h1-4H,5-6,12H2,(H,13,14). The number of amides is 1. The molecule has 1 aromatic carbocycles. The van der Waals surface area contributed by atoms with Crippen molar-refractivity contribution in [2.75, 3.05) is 0 Å². The zero-order chi connectivity index (χ0) is 10.2. The van der Waals surface area contributed by atoms with Crippen LogP contribution in [-0.4, -0.2) is 5.91 Å². The van der Waals surface area contributed by atoms with Crippen LogP contribution in [-0.2, 0) is 10.2 Å². The Bertz CT molecular complexity index is 374. The minimum Gasteiger partial charge on any atom is -0.293 e. The summed E-state index contributed by atoms with van der Waals surface area (Å²) >= 11 is 3.45. The smallest absolute Gasteiger partial charge is 0.244 e. The van der Waals surface area contributed by atoms with Crippen LogP contribution in [0.2, 0.25) is 0 Å². The van der Waals surface area contributed by atoms with E-state index in [2.05, 4.69) is 21.4 Å². The topological polar surface area (TPSA) is 55.1 Å². The fourth-order valence-corrected chi connectivity index (χ4v) is 2.40. The van der Waals surface area contributed by atoms with Crippen LogP contribution in [0.15, 0.2) is 28.7 Å². The summed E-state index contributed by atoms with van der Waals surface area (Å²) < 4.78 is 0.973. The third-order valence-electron chi connectivity index (χ3n) is 2.71. The average molecular weight is 255 g/mol. The first-order chi connectivity index (χ1) is 6.70. The molecule has 3 nitrogen and oxygen atoms in total. The Morgan fingerprint density at radius 2 is 2.07 bits per heavy atom. The zero-order valence-electron chi connectivity index (χ0n) is 7.59. The molecule has 0 saturated heterocycles. The van der Waals surface area contributed by atoms with E-state index in [1.807, 2.05) is 24.3 Å². The minimum atomic E-state index is -0.380. The van der Waals surface area contributed by atoms with E-state index in [9.17, 15) is 4.79 Å². The van der Waals surface area contributed by atoms with E-state index in [0.717, 1.165) is 22.9 Å². The van der Waals surface area contributed by atoms with Gasteiger partial charge < -0.3 is 0 Å². The minimum absolute atomic E-state index is 0.0931. The van der Waals surface area contributed by atoms with Crippen molar-refractivity contribution in [3.8, 4) is 0 Å². The molecule has 14 heavy (non-hydrogen) atoms. The molecule has 1 fully saturated rings. The number of hydrazine groups is 1. The Kier molecular flexibility index (Phi) is 2.33. The lowest BCUT2D eigenvalue weighted by molar-refractivity contribution is -0.123. The molecule has 1 amide bonds. The summed E-state index contributed by atoms with van der Waals surface area (Å²) in [7, 11) is 0. The van der Waals surface area contributed by atoms with Gasteiger partial charge in [-0.05, 0) is 24.5 Å². The van der Waals surface area contributed by atoms with Gasteiger partial charge in [0, 0.05) is 4.47 Å². The van der Waals surface area contributed by atoms with Gasteiger partial charge in [-0.15, -0.1) is 0 Å². The quantitative estimate of drug-likeness (QED) is 0.477. The van der Waals surface area contributed by atoms with Crippen LogP contribution >= 0.6 is 15.9 Å². The molecule has 1 aliphatic carbocycles. The van der Waals surface area contributed by atoms with Gasteiger partial charge in [-0.2, -0.15) is 0 Å². The van der Waals surface area contributed by atoms with Crippen molar-refractivity contribution in [1.82, 2.24) is 5.43 Å². The van der Waals surface area contributed by atoms with Gasteiger partial charge in [0.2, 0.25) is 5.91 Å². The normalized spacial score (nSPS) is 17.6. The van der Waals surface area contributed by atoms with E-state index in [-0.39, 0.29) is 11.3 Å².